The second-order valence-electron chi connectivity index (χ2n) is 6.32. The van der Waals surface area contributed by atoms with E-state index in [4.69, 9.17) is 25.9 Å². The Morgan fingerprint density at radius 3 is 2.19 bits per heavy atom. The van der Waals surface area contributed by atoms with Gasteiger partial charge in [0, 0.05) is 11.3 Å². The first-order chi connectivity index (χ1) is 15.1. The predicted octanol–water partition coefficient (Wildman–Crippen LogP) is 4.01. The zero-order valence-corrected chi connectivity index (χ0v) is 16.4. The Labute approximate surface area is 180 Å². The molecule has 0 bridgehead atoms. The fraction of sp³-hybridized carbons (Fsp3) is 0.0952. The molecule has 168 valence electrons. The minimum atomic E-state index is -5.08. The number of carbonyl (C=O) groups excluding carboxylic acids is 1. The number of nitrogen functional groups attached to an aromatic ring is 1. The van der Waals surface area contributed by atoms with Gasteiger partial charge in [-0.05, 0) is 34.5 Å². The van der Waals surface area contributed by atoms with Crippen molar-refractivity contribution >= 4 is 34.3 Å². The minimum Gasteiger partial charge on any atom is -0.475 e. The van der Waals surface area contributed by atoms with E-state index in [-0.39, 0.29) is 5.84 Å². The summed E-state index contributed by atoms with van der Waals surface area (Å²) in [6, 6.07) is 20.1. The number of nitrogens with one attached hydrogen (secondary N) is 3. The summed E-state index contributed by atoms with van der Waals surface area (Å²) < 4.78 is 31.7. The van der Waals surface area contributed by atoms with Crippen LogP contribution in [0.2, 0.25) is 0 Å². The van der Waals surface area contributed by atoms with Crippen molar-refractivity contribution in [1.29, 1.82) is 5.41 Å². The lowest BCUT2D eigenvalue weighted by atomic mass is 10.1. The summed E-state index contributed by atoms with van der Waals surface area (Å²) in [5.74, 6) is -2.73. The number of benzene rings is 3. The highest BCUT2D eigenvalue weighted by Crippen LogP contribution is 2.20. The van der Waals surface area contributed by atoms with Crippen molar-refractivity contribution in [3.8, 4) is 0 Å². The maximum Gasteiger partial charge on any atom is 0.490 e. The van der Waals surface area contributed by atoms with E-state index in [1.54, 1.807) is 12.1 Å². The second-order valence-corrected chi connectivity index (χ2v) is 6.32. The molecule has 0 aliphatic rings. The van der Waals surface area contributed by atoms with Crippen LogP contribution in [0.1, 0.15) is 11.1 Å². The van der Waals surface area contributed by atoms with E-state index in [1.165, 1.54) is 0 Å². The normalized spacial score (nSPS) is 10.6. The predicted molar refractivity (Wildman–Crippen MR) is 112 cm³/mol. The van der Waals surface area contributed by atoms with Crippen molar-refractivity contribution in [3.05, 3.63) is 77.9 Å². The average Bonchev–Trinajstić information content (AvgIpc) is 2.74. The Kier molecular flexibility index (Phi) is 8.13. The summed E-state index contributed by atoms with van der Waals surface area (Å²) >= 11 is 0. The van der Waals surface area contributed by atoms with Gasteiger partial charge in [-0.2, -0.15) is 13.2 Å². The Hall–Kier alpha value is -4.12. The SMILES string of the molecule is N=C(N)c1ccc2cc(NC(=O)NOCc3ccccc3)ccc2c1.O=C(O)C(F)(F)F. The number of hydrogen-bond acceptors (Lipinski definition) is 4. The number of hydroxylamine groups is 1. The zero-order chi connectivity index (χ0) is 23.7. The van der Waals surface area contributed by atoms with Gasteiger partial charge in [-0.1, -0.05) is 48.5 Å². The molecule has 6 N–H and O–H groups in total. The number of anilines is 1. The molecule has 0 heterocycles. The van der Waals surface area contributed by atoms with Gasteiger partial charge >= 0.3 is 18.2 Å². The Morgan fingerprint density at radius 1 is 1.00 bits per heavy atom. The van der Waals surface area contributed by atoms with Gasteiger partial charge in [-0.25, -0.2) is 15.1 Å². The van der Waals surface area contributed by atoms with Crippen LogP contribution in [0.15, 0.2) is 66.7 Å². The number of nitrogens with two attached hydrogens (primary N) is 1. The maximum absolute atomic E-state index is 11.9. The number of halogens is 3. The first-order valence-corrected chi connectivity index (χ1v) is 8.97. The van der Waals surface area contributed by atoms with Gasteiger partial charge in [-0.3, -0.25) is 10.2 Å². The van der Waals surface area contributed by atoms with Crippen LogP contribution in [0, 0.1) is 5.41 Å². The lowest BCUT2D eigenvalue weighted by Crippen LogP contribution is -2.28. The van der Waals surface area contributed by atoms with E-state index >= 15 is 0 Å². The molecule has 0 saturated carbocycles. The molecule has 0 saturated heterocycles. The van der Waals surface area contributed by atoms with E-state index in [9.17, 15) is 18.0 Å². The van der Waals surface area contributed by atoms with E-state index < -0.39 is 18.2 Å². The molecule has 0 aromatic heterocycles. The quantitative estimate of drug-likeness (QED) is 0.228. The fourth-order valence-corrected chi connectivity index (χ4v) is 2.41. The number of carboxylic acids is 1. The molecule has 0 unspecified atom stereocenters. The third-order valence-corrected chi connectivity index (χ3v) is 3.90. The molecule has 0 atom stereocenters. The van der Waals surface area contributed by atoms with Crippen LogP contribution < -0.4 is 16.5 Å². The van der Waals surface area contributed by atoms with Crippen molar-refractivity contribution in [2.45, 2.75) is 12.8 Å². The van der Waals surface area contributed by atoms with Crippen molar-refractivity contribution in [3.63, 3.8) is 0 Å². The number of carbonyl (C=O) groups is 2. The molecule has 0 aliphatic heterocycles. The molecule has 32 heavy (non-hydrogen) atoms. The molecule has 0 aliphatic carbocycles. The molecule has 11 heteroatoms. The van der Waals surface area contributed by atoms with E-state index in [0.29, 0.717) is 17.9 Å². The highest BCUT2D eigenvalue weighted by atomic mass is 19.4. The Balaban J connectivity index is 0.000000451. The third kappa shape index (κ3) is 7.61. The number of rotatable bonds is 5. The van der Waals surface area contributed by atoms with Gasteiger partial charge in [0.2, 0.25) is 0 Å². The van der Waals surface area contributed by atoms with Gasteiger partial charge in [0.25, 0.3) is 0 Å². The topological polar surface area (TPSA) is 138 Å². The molecule has 3 aromatic rings. The monoisotopic (exact) mass is 448 g/mol. The summed E-state index contributed by atoms with van der Waals surface area (Å²) in [4.78, 5) is 26.0. The fourth-order valence-electron chi connectivity index (χ4n) is 2.41. The number of urea groups is 1. The Morgan fingerprint density at radius 2 is 1.59 bits per heavy atom. The van der Waals surface area contributed by atoms with Crippen LogP contribution in [0.4, 0.5) is 23.7 Å². The maximum atomic E-state index is 11.9. The van der Waals surface area contributed by atoms with Crippen molar-refractivity contribution in [2.75, 3.05) is 5.32 Å². The minimum absolute atomic E-state index is 0.0269. The number of aliphatic carboxylic acids is 1. The number of amidine groups is 1. The summed E-state index contributed by atoms with van der Waals surface area (Å²) in [5, 5.41) is 19.2. The Bertz CT molecular complexity index is 1110. The highest BCUT2D eigenvalue weighted by molar-refractivity contribution is 6.00. The van der Waals surface area contributed by atoms with Crippen LogP contribution in [-0.4, -0.2) is 29.1 Å². The van der Waals surface area contributed by atoms with Gasteiger partial charge in [-0.15, -0.1) is 0 Å². The van der Waals surface area contributed by atoms with Gasteiger partial charge in [0.1, 0.15) is 5.84 Å². The molecule has 0 radical (unpaired) electrons. The average molecular weight is 448 g/mol. The molecule has 0 fully saturated rings. The highest BCUT2D eigenvalue weighted by Gasteiger charge is 2.38. The number of fused-ring (bicyclic) bond motifs is 1. The third-order valence-electron chi connectivity index (χ3n) is 3.90. The number of amides is 2. The van der Waals surface area contributed by atoms with Crippen LogP contribution >= 0.6 is 0 Å². The summed E-state index contributed by atoms with van der Waals surface area (Å²) in [6.07, 6.45) is -5.08. The molecular weight excluding hydrogens is 429 g/mol. The van der Waals surface area contributed by atoms with Gasteiger partial charge in [0.05, 0.1) is 6.61 Å². The van der Waals surface area contributed by atoms with E-state index in [2.05, 4.69) is 10.8 Å². The summed E-state index contributed by atoms with van der Waals surface area (Å²) in [7, 11) is 0. The number of alkyl halides is 3. The number of carboxylic acid groups (broad SMARTS) is 1. The smallest absolute Gasteiger partial charge is 0.475 e. The molecule has 0 spiro atoms. The van der Waals surface area contributed by atoms with Crippen LogP contribution in [0.5, 0.6) is 0 Å². The molecule has 3 aromatic carbocycles. The molecular formula is C21H19F3N4O4. The van der Waals surface area contributed by atoms with Gasteiger partial charge in [0.15, 0.2) is 0 Å². The van der Waals surface area contributed by atoms with Crippen molar-refractivity contribution in [2.24, 2.45) is 5.73 Å². The largest absolute Gasteiger partial charge is 0.490 e. The lowest BCUT2D eigenvalue weighted by molar-refractivity contribution is -0.192. The first kappa shape index (κ1) is 24.2. The van der Waals surface area contributed by atoms with Crippen molar-refractivity contribution < 1.29 is 32.7 Å². The van der Waals surface area contributed by atoms with Crippen LogP contribution in [-0.2, 0) is 16.2 Å². The molecule has 8 nitrogen and oxygen atoms in total. The zero-order valence-electron chi connectivity index (χ0n) is 16.4. The molecule has 3 rings (SSSR count). The second kappa shape index (κ2) is 10.8. The van der Waals surface area contributed by atoms with E-state index in [0.717, 1.165) is 16.3 Å². The van der Waals surface area contributed by atoms with Crippen LogP contribution in [0.3, 0.4) is 0 Å². The van der Waals surface area contributed by atoms with Crippen molar-refractivity contribution in [1.82, 2.24) is 5.48 Å². The van der Waals surface area contributed by atoms with E-state index in [1.807, 2.05) is 54.6 Å². The standard InChI is InChI=1S/C19H18N4O2.C2HF3O2/c20-18(21)16-7-6-15-11-17(9-8-14(15)10-16)22-19(24)23-25-12-13-4-2-1-3-5-13;3-2(4,5)1(6)7/h1-11H,12H2,(H3,20,21)(H2,22,23,24);(H,6,7). The van der Waals surface area contributed by atoms with Crippen LogP contribution in [0.25, 0.3) is 10.8 Å². The van der Waals surface area contributed by atoms with Gasteiger partial charge < -0.3 is 16.2 Å². The first-order valence-electron chi connectivity index (χ1n) is 8.97. The lowest BCUT2D eigenvalue weighted by Gasteiger charge is -2.09. The molecule has 2 amide bonds. The summed E-state index contributed by atoms with van der Waals surface area (Å²) in [5.41, 5.74) is 10.1. The summed E-state index contributed by atoms with van der Waals surface area (Å²) in [6.45, 7) is 0.291. The number of hydrogen-bond donors (Lipinski definition) is 5.